The van der Waals surface area contributed by atoms with E-state index in [1.165, 1.54) is 0 Å². The van der Waals surface area contributed by atoms with Crippen molar-refractivity contribution >= 4 is 12.2 Å². The van der Waals surface area contributed by atoms with Crippen LogP contribution in [0.5, 0.6) is 0 Å². The van der Waals surface area contributed by atoms with Crippen molar-refractivity contribution in [3.63, 3.8) is 0 Å². The van der Waals surface area contributed by atoms with E-state index < -0.39 is 12.2 Å². The number of allylic oxidation sites excluding steroid dienone is 2. The van der Waals surface area contributed by atoms with Gasteiger partial charge in [0.15, 0.2) is 0 Å². The van der Waals surface area contributed by atoms with E-state index in [0.717, 1.165) is 12.8 Å². The molecule has 0 aromatic carbocycles. The van der Waals surface area contributed by atoms with Crippen LogP contribution in [0, 0.1) is 17.8 Å². The molecule has 1 saturated carbocycles. The lowest BCUT2D eigenvalue weighted by Crippen LogP contribution is -2.16. The zero-order chi connectivity index (χ0) is 13.0. The van der Waals surface area contributed by atoms with Gasteiger partial charge in [-0.1, -0.05) is 22.4 Å². The van der Waals surface area contributed by atoms with E-state index in [4.69, 9.17) is 4.74 Å². The molecule has 2 bridgehead atoms. The molecule has 6 heteroatoms. The normalized spacial score (nSPS) is 28.8. The average Bonchev–Trinajstić information content (AvgIpc) is 2.96. The minimum Gasteiger partial charge on any atom is -0.447 e. The van der Waals surface area contributed by atoms with Crippen LogP contribution in [-0.2, 0) is 9.47 Å². The van der Waals surface area contributed by atoms with Gasteiger partial charge in [-0.15, -0.1) is 0 Å². The number of nitrogens with zero attached hydrogens (tertiary/aromatic N) is 2. The molecule has 1 unspecified atom stereocenters. The van der Waals surface area contributed by atoms with Gasteiger partial charge in [-0.2, -0.15) is 0 Å². The van der Waals surface area contributed by atoms with Gasteiger partial charge in [0.2, 0.25) is 0 Å². The summed E-state index contributed by atoms with van der Waals surface area (Å²) in [7, 11) is 0. The molecular weight excluding hydrogens is 236 g/mol. The summed E-state index contributed by atoms with van der Waals surface area (Å²) in [4.78, 5) is 22.0. The predicted molar refractivity (Wildman–Crippen MR) is 62.1 cm³/mol. The van der Waals surface area contributed by atoms with E-state index in [9.17, 15) is 9.59 Å². The molecule has 0 N–H and O–H groups in total. The van der Waals surface area contributed by atoms with E-state index >= 15 is 0 Å². The van der Waals surface area contributed by atoms with Gasteiger partial charge in [-0.3, -0.25) is 0 Å². The van der Waals surface area contributed by atoms with Gasteiger partial charge >= 0.3 is 12.2 Å². The second kappa shape index (κ2) is 5.75. The zero-order valence-electron chi connectivity index (χ0n) is 10.2. The summed E-state index contributed by atoms with van der Waals surface area (Å²) < 4.78 is 9.46. The number of hydrogen-bond acceptors (Lipinski definition) is 4. The smallest absolute Gasteiger partial charge is 0.447 e. The van der Waals surface area contributed by atoms with Crippen molar-refractivity contribution in [3.05, 3.63) is 12.2 Å². The molecule has 2 amide bonds. The van der Waals surface area contributed by atoms with Gasteiger partial charge in [-0.25, -0.2) is 9.59 Å². The van der Waals surface area contributed by atoms with Crippen LogP contribution in [0.2, 0.25) is 0 Å². The van der Waals surface area contributed by atoms with E-state index in [1.54, 1.807) is 6.92 Å². The van der Waals surface area contributed by atoms with Crippen LogP contribution in [0.4, 0.5) is 9.59 Å². The Kier molecular flexibility index (Phi) is 4.07. The second-order valence-corrected chi connectivity index (χ2v) is 4.52. The predicted octanol–water partition coefficient (Wildman–Crippen LogP) is 2.94. The molecule has 3 atom stereocenters. The molecular formula is C12H16N2O4. The quantitative estimate of drug-likeness (QED) is 0.571. The SMILES string of the molecule is CCOC(=O)/N=N/C(=O)OCC1C[C@H]2C=C[C@@H]1C2. The van der Waals surface area contributed by atoms with Gasteiger partial charge in [0.05, 0.1) is 13.2 Å². The lowest BCUT2D eigenvalue weighted by Gasteiger charge is -2.16. The molecule has 2 aliphatic carbocycles. The van der Waals surface area contributed by atoms with Crippen molar-refractivity contribution in [1.82, 2.24) is 0 Å². The minimum absolute atomic E-state index is 0.199. The van der Waals surface area contributed by atoms with Crippen LogP contribution >= 0.6 is 0 Å². The van der Waals surface area contributed by atoms with Gasteiger partial charge in [-0.05, 0) is 31.6 Å². The number of rotatable bonds is 3. The van der Waals surface area contributed by atoms with E-state index in [-0.39, 0.29) is 6.61 Å². The standard InChI is InChI=1S/C12H16N2O4/c1-2-17-11(15)13-14-12(16)18-7-10-6-8-3-4-9(10)5-8/h3-4,8-10H,2,5-7H2,1H3/b14-13+/t8-,9+,10?/m0/s1. The van der Waals surface area contributed by atoms with Crippen molar-refractivity contribution in [2.24, 2.45) is 28.0 Å². The number of amides is 2. The lowest BCUT2D eigenvalue weighted by molar-refractivity contribution is 0.126. The summed E-state index contributed by atoms with van der Waals surface area (Å²) in [5, 5.41) is 6.22. The number of carbonyl (C=O) groups is 2. The summed E-state index contributed by atoms with van der Waals surface area (Å²) >= 11 is 0. The summed E-state index contributed by atoms with van der Waals surface area (Å²) in [6.07, 6.45) is 4.92. The van der Waals surface area contributed by atoms with Crippen LogP contribution in [-0.4, -0.2) is 25.4 Å². The first-order chi connectivity index (χ1) is 8.69. The van der Waals surface area contributed by atoms with Gasteiger partial charge < -0.3 is 9.47 Å². The molecule has 2 aliphatic rings. The first-order valence-corrected chi connectivity index (χ1v) is 6.12. The third-order valence-corrected chi connectivity index (χ3v) is 3.32. The molecule has 0 radical (unpaired) electrons. The molecule has 0 spiro atoms. The van der Waals surface area contributed by atoms with Crippen molar-refractivity contribution in [2.45, 2.75) is 19.8 Å². The lowest BCUT2D eigenvalue weighted by atomic mass is 9.95. The highest BCUT2D eigenvalue weighted by Crippen LogP contribution is 2.43. The number of azo groups is 1. The fraction of sp³-hybridized carbons (Fsp3) is 0.667. The van der Waals surface area contributed by atoms with Crippen LogP contribution < -0.4 is 0 Å². The minimum atomic E-state index is -0.877. The van der Waals surface area contributed by atoms with Crippen LogP contribution in [0.1, 0.15) is 19.8 Å². The number of hydrogen-bond donors (Lipinski definition) is 0. The Morgan fingerprint density at radius 2 is 1.89 bits per heavy atom. The van der Waals surface area contributed by atoms with Crippen LogP contribution in [0.25, 0.3) is 0 Å². The Morgan fingerprint density at radius 1 is 1.17 bits per heavy atom. The molecule has 0 aromatic heterocycles. The summed E-state index contributed by atoms with van der Waals surface area (Å²) in [5.74, 6) is 1.53. The van der Waals surface area contributed by atoms with E-state index in [2.05, 4.69) is 27.1 Å². The number of ether oxygens (including phenoxy) is 2. The molecule has 6 nitrogen and oxygen atoms in total. The Bertz CT molecular complexity index is 392. The Labute approximate surface area is 105 Å². The highest BCUT2D eigenvalue weighted by atomic mass is 16.6. The average molecular weight is 252 g/mol. The summed E-state index contributed by atoms with van der Waals surface area (Å²) in [5.41, 5.74) is 0. The fourth-order valence-corrected chi connectivity index (χ4v) is 2.53. The van der Waals surface area contributed by atoms with Crippen molar-refractivity contribution < 1.29 is 19.1 Å². The first kappa shape index (κ1) is 12.7. The van der Waals surface area contributed by atoms with Gasteiger partial charge in [0, 0.05) is 5.92 Å². The Hall–Kier alpha value is -1.72. The van der Waals surface area contributed by atoms with Gasteiger partial charge in [0.1, 0.15) is 0 Å². The van der Waals surface area contributed by atoms with Crippen LogP contribution in [0.3, 0.4) is 0 Å². The van der Waals surface area contributed by atoms with Crippen LogP contribution in [0.15, 0.2) is 22.4 Å². The number of fused-ring (bicyclic) bond motifs is 2. The third-order valence-electron chi connectivity index (χ3n) is 3.32. The van der Waals surface area contributed by atoms with Crippen molar-refractivity contribution in [3.8, 4) is 0 Å². The molecule has 0 heterocycles. The largest absolute Gasteiger partial charge is 0.452 e. The first-order valence-electron chi connectivity index (χ1n) is 6.12. The maximum atomic E-state index is 11.2. The zero-order valence-corrected chi connectivity index (χ0v) is 10.2. The molecule has 0 aliphatic heterocycles. The van der Waals surface area contributed by atoms with Crippen molar-refractivity contribution in [1.29, 1.82) is 0 Å². The Balaban J connectivity index is 1.69. The van der Waals surface area contributed by atoms with Gasteiger partial charge in [0.25, 0.3) is 0 Å². The molecule has 1 fully saturated rings. The topological polar surface area (TPSA) is 77.3 Å². The molecule has 98 valence electrons. The highest BCUT2D eigenvalue weighted by molar-refractivity contribution is 5.73. The molecule has 0 saturated heterocycles. The third kappa shape index (κ3) is 3.15. The molecule has 2 rings (SSSR count). The Morgan fingerprint density at radius 3 is 2.44 bits per heavy atom. The maximum absolute atomic E-state index is 11.2. The van der Waals surface area contributed by atoms with Crippen molar-refractivity contribution in [2.75, 3.05) is 13.2 Å². The molecule has 18 heavy (non-hydrogen) atoms. The fourth-order valence-electron chi connectivity index (χ4n) is 2.53. The van der Waals surface area contributed by atoms with E-state index in [0.29, 0.717) is 24.4 Å². The maximum Gasteiger partial charge on any atom is 0.452 e. The summed E-state index contributed by atoms with van der Waals surface area (Å²) in [6, 6.07) is 0. The summed E-state index contributed by atoms with van der Waals surface area (Å²) in [6.45, 7) is 2.19. The molecule has 0 aromatic rings. The monoisotopic (exact) mass is 252 g/mol. The van der Waals surface area contributed by atoms with E-state index in [1.807, 2.05) is 0 Å². The number of carbonyl (C=O) groups excluding carboxylic acids is 2. The second-order valence-electron chi connectivity index (χ2n) is 4.52. The highest BCUT2D eigenvalue weighted by Gasteiger charge is 2.36.